The van der Waals surface area contributed by atoms with Crippen LogP contribution in [0.5, 0.6) is 0 Å². The van der Waals surface area contributed by atoms with Crippen LogP contribution in [0, 0.1) is 10.1 Å². The van der Waals surface area contributed by atoms with Crippen LogP contribution >= 0.6 is 11.6 Å². The van der Waals surface area contributed by atoms with Crippen molar-refractivity contribution >= 4 is 34.0 Å². The first kappa shape index (κ1) is 21.9. The molecule has 3 aromatic rings. The van der Waals surface area contributed by atoms with Gasteiger partial charge < -0.3 is 10.2 Å². The molecule has 0 atom stereocenters. The van der Waals surface area contributed by atoms with Gasteiger partial charge in [0.05, 0.1) is 39.7 Å². The second-order valence-corrected chi connectivity index (χ2v) is 8.08. The molecule has 1 amide bonds. The molecule has 2 heterocycles. The van der Waals surface area contributed by atoms with E-state index in [1.807, 2.05) is 0 Å². The third-order valence-electron chi connectivity index (χ3n) is 5.59. The summed E-state index contributed by atoms with van der Waals surface area (Å²) in [4.78, 5) is 38.3. The third kappa shape index (κ3) is 4.63. The van der Waals surface area contributed by atoms with Crippen molar-refractivity contribution in [3.63, 3.8) is 0 Å². The fraction of sp³-hybridized carbons (Fsp3) is 0.318. The normalized spacial score (nSPS) is 14.0. The first-order chi connectivity index (χ1) is 15.4. The largest absolute Gasteiger partial charge is 0.346 e. The molecule has 1 saturated heterocycles. The second kappa shape index (κ2) is 9.46. The molecule has 0 aliphatic carbocycles. The maximum Gasteiger partial charge on any atom is 0.274 e. The Morgan fingerprint density at radius 3 is 2.56 bits per heavy atom. The predicted octanol–water partition coefficient (Wildman–Crippen LogP) is 2.98. The highest BCUT2D eigenvalue weighted by atomic mass is 35.5. The minimum atomic E-state index is -0.585. The van der Waals surface area contributed by atoms with Crippen LogP contribution in [0.3, 0.4) is 0 Å². The summed E-state index contributed by atoms with van der Waals surface area (Å²) in [5, 5.41) is 19.6. The number of non-ortho nitro benzene ring substituents is 1. The molecule has 0 saturated carbocycles. The topological polar surface area (TPSA) is 110 Å². The summed E-state index contributed by atoms with van der Waals surface area (Å²) < 4.78 is 1.45. The molecular formula is C22H22ClN5O4. The highest BCUT2D eigenvalue weighted by Crippen LogP contribution is 2.22. The molecule has 0 unspecified atom stereocenters. The van der Waals surface area contributed by atoms with Gasteiger partial charge in [-0.05, 0) is 38.1 Å². The molecular weight excluding hydrogens is 434 g/mol. The van der Waals surface area contributed by atoms with Gasteiger partial charge >= 0.3 is 0 Å². The van der Waals surface area contributed by atoms with E-state index in [2.05, 4.69) is 15.3 Å². The van der Waals surface area contributed by atoms with Gasteiger partial charge in [-0.15, -0.1) is 0 Å². The number of nitrogens with one attached hydrogen (secondary N) is 1. The summed E-state index contributed by atoms with van der Waals surface area (Å²) >= 11 is 6.07. The third-order valence-corrected chi connectivity index (χ3v) is 5.92. The molecule has 1 aliphatic heterocycles. The average molecular weight is 456 g/mol. The van der Waals surface area contributed by atoms with Gasteiger partial charge in [-0.25, -0.2) is 4.68 Å². The van der Waals surface area contributed by atoms with Crippen molar-refractivity contribution in [2.45, 2.75) is 25.9 Å². The molecule has 0 spiro atoms. The molecule has 1 aliphatic rings. The van der Waals surface area contributed by atoms with E-state index in [4.69, 9.17) is 11.6 Å². The Labute approximate surface area is 188 Å². The Kier molecular flexibility index (Phi) is 6.48. The summed E-state index contributed by atoms with van der Waals surface area (Å²) in [6, 6.07) is 10.8. The number of rotatable bonds is 7. The highest BCUT2D eigenvalue weighted by molar-refractivity contribution is 6.33. The molecule has 1 aromatic heterocycles. The van der Waals surface area contributed by atoms with Crippen LogP contribution < -0.4 is 10.9 Å². The van der Waals surface area contributed by atoms with Crippen LogP contribution in [0.15, 0.2) is 47.3 Å². The Morgan fingerprint density at radius 1 is 1.12 bits per heavy atom. The SMILES string of the molecule is O=C(NCc1nn(CCN2CCCC2)c(=O)c2ccccc12)c1cc([N+](=O)[O-])ccc1Cl. The molecule has 4 rings (SSSR count). The summed E-state index contributed by atoms with van der Waals surface area (Å²) in [5.74, 6) is -0.556. The summed E-state index contributed by atoms with van der Waals surface area (Å²) in [5.41, 5.74) is 0.152. The van der Waals surface area contributed by atoms with E-state index in [1.54, 1.807) is 24.3 Å². The quantitative estimate of drug-likeness (QED) is 0.433. The summed E-state index contributed by atoms with van der Waals surface area (Å²) in [6.07, 6.45) is 2.33. The molecule has 32 heavy (non-hydrogen) atoms. The number of nitro benzene ring substituents is 1. The molecule has 10 heteroatoms. The maximum absolute atomic E-state index is 12.9. The zero-order valence-electron chi connectivity index (χ0n) is 17.3. The Hall–Kier alpha value is -3.30. The molecule has 166 valence electrons. The first-order valence-electron chi connectivity index (χ1n) is 10.4. The van der Waals surface area contributed by atoms with Crippen molar-refractivity contribution in [2.24, 2.45) is 0 Å². The van der Waals surface area contributed by atoms with Gasteiger partial charge in [0.25, 0.3) is 17.2 Å². The van der Waals surface area contributed by atoms with Crippen molar-refractivity contribution in [1.29, 1.82) is 0 Å². The lowest BCUT2D eigenvalue weighted by molar-refractivity contribution is -0.384. The lowest BCUT2D eigenvalue weighted by atomic mass is 10.1. The van der Waals surface area contributed by atoms with Gasteiger partial charge in [0, 0.05) is 24.1 Å². The monoisotopic (exact) mass is 455 g/mol. The van der Waals surface area contributed by atoms with E-state index in [1.165, 1.54) is 16.8 Å². The summed E-state index contributed by atoms with van der Waals surface area (Å²) in [7, 11) is 0. The molecule has 2 aromatic carbocycles. The van der Waals surface area contributed by atoms with Crippen LogP contribution in [0.2, 0.25) is 5.02 Å². The zero-order valence-corrected chi connectivity index (χ0v) is 18.0. The Morgan fingerprint density at radius 2 is 1.84 bits per heavy atom. The first-order valence-corrected chi connectivity index (χ1v) is 10.7. The number of aromatic nitrogens is 2. The van der Waals surface area contributed by atoms with E-state index in [0.717, 1.165) is 38.5 Å². The number of nitro groups is 1. The predicted molar refractivity (Wildman–Crippen MR) is 121 cm³/mol. The lowest BCUT2D eigenvalue weighted by Crippen LogP contribution is -2.32. The van der Waals surface area contributed by atoms with Crippen LogP contribution in [0.25, 0.3) is 10.8 Å². The van der Waals surface area contributed by atoms with Crippen molar-refractivity contribution in [3.8, 4) is 0 Å². The Bertz CT molecular complexity index is 1240. The van der Waals surface area contributed by atoms with Gasteiger partial charge in [-0.1, -0.05) is 29.8 Å². The maximum atomic E-state index is 12.9. The number of carbonyl (C=O) groups excluding carboxylic acids is 1. The number of halogens is 1. The van der Waals surface area contributed by atoms with E-state index >= 15 is 0 Å². The van der Waals surface area contributed by atoms with Crippen molar-refractivity contribution in [3.05, 3.63) is 79.2 Å². The number of benzene rings is 2. The second-order valence-electron chi connectivity index (χ2n) is 7.67. The number of amides is 1. The van der Waals surface area contributed by atoms with E-state index in [0.29, 0.717) is 23.0 Å². The minimum Gasteiger partial charge on any atom is -0.346 e. The van der Waals surface area contributed by atoms with Gasteiger partial charge in [-0.2, -0.15) is 5.10 Å². The fourth-order valence-corrected chi connectivity index (χ4v) is 4.09. The van der Waals surface area contributed by atoms with Crippen LogP contribution in [0.4, 0.5) is 5.69 Å². The zero-order chi connectivity index (χ0) is 22.7. The highest BCUT2D eigenvalue weighted by Gasteiger charge is 2.18. The van der Waals surface area contributed by atoms with Crippen molar-refractivity contribution in [2.75, 3.05) is 19.6 Å². The lowest BCUT2D eigenvalue weighted by Gasteiger charge is -2.16. The van der Waals surface area contributed by atoms with E-state index in [-0.39, 0.29) is 28.4 Å². The molecule has 0 bridgehead atoms. The minimum absolute atomic E-state index is 0.00697. The number of carbonyl (C=O) groups is 1. The molecule has 1 N–H and O–H groups in total. The molecule has 1 fully saturated rings. The number of hydrogen-bond donors (Lipinski definition) is 1. The van der Waals surface area contributed by atoms with Gasteiger partial charge in [0.2, 0.25) is 0 Å². The number of hydrogen-bond acceptors (Lipinski definition) is 6. The van der Waals surface area contributed by atoms with Gasteiger partial charge in [0.15, 0.2) is 0 Å². The Balaban J connectivity index is 1.59. The fourth-order valence-electron chi connectivity index (χ4n) is 3.89. The van der Waals surface area contributed by atoms with Crippen LogP contribution in [0.1, 0.15) is 28.9 Å². The number of fused-ring (bicyclic) bond motifs is 1. The van der Waals surface area contributed by atoms with Crippen LogP contribution in [-0.2, 0) is 13.1 Å². The standard InChI is InChI=1S/C22H22ClN5O4/c23-19-8-7-15(28(31)32)13-18(19)21(29)24-14-20-16-5-1-2-6-17(16)22(30)27(25-20)12-11-26-9-3-4-10-26/h1-2,5-8,13H,3-4,9-12,14H2,(H,24,29). The molecule has 0 radical (unpaired) electrons. The van der Waals surface area contributed by atoms with E-state index < -0.39 is 10.8 Å². The average Bonchev–Trinajstić information content (AvgIpc) is 3.31. The smallest absolute Gasteiger partial charge is 0.274 e. The van der Waals surface area contributed by atoms with Crippen molar-refractivity contribution < 1.29 is 9.72 Å². The van der Waals surface area contributed by atoms with Crippen molar-refractivity contribution in [1.82, 2.24) is 20.0 Å². The number of likely N-dealkylation sites (tertiary alicyclic amines) is 1. The number of nitrogens with zero attached hydrogens (tertiary/aromatic N) is 4. The van der Waals surface area contributed by atoms with Crippen LogP contribution in [-0.4, -0.2) is 45.1 Å². The summed E-state index contributed by atoms with van der Waals surface area (Å²) in [6.45, 7) is 3.29. The van der Waals surface area contributed by atoms with E-state index in [9.17, 15) is 19.7 Å². The molecule has 9 nitrogen and oxygen atoms in total. The van der Waals surface area contributed by atoms with Gasteiger partial charge in [-0.3, -0.25) is 19.7 Å². The van der Waals surface area contributed by atoms with Gasteiger partial charge in [0.1, 0.15) is 0 Å².